The van der Waals surface area contributed by atoms with Crippen LogP contribution in [0.15, 0.2) is 53.5 Å². The number of nitrogens with one attached hydrogen (secondary N) is 2. The number of halogens is 1. The van der Waals surface area contributed by atoms with Gasteiger partial charge in [0.05, 0.1) is 7.11 Å². The highest BCUT2D eigenvalue weighted by molar-refractivity contribution is 6.47. The van der Waals surface area contributed by atoms with E-state index in [1.165, 1.54) is 0 Å². The Morgan fingerprint density at radius 1 is 1.21 bits per heavy atom. The van der Waals surface area contributed by atoms with Crippen molar-refractivity contribution in [1.29, 1.82) is 0 Å². The molecule has 3 amide bonds. The van der Waals surface area contributed by atoms with Crippen molar-refractivity contribution in [3.63, 3.8) is 0 Å². The molecule has 2 aromatic carbocycles. The lowest BCUT2D eigenvalue weighted by atomic mass is 9.98. The van der Waals surface area contributed by atoms with Gasteiger partial charge < -0.3 is 20.3 Å². The van der Waals surface area contributed by atoms with E-state index in [1.807, 2.05) is 24.3 Å². The maximum Gasteiger partial charge on any atom is 0.321 e. The van der Waals surface area contributed by atoms with Crippen LogP contribution < -0.4 is 15.4 Å². The zero-order valence-corrected chi connectivity index (χ0v) is 16.7. The molecule has 0 saturated carbocycles. The monoisotopic (exact) mass is 412 g/mol. The number of hydrogen-bond donors (Lipinski definition) is 2. The third-order valence-corrected chi connectivity index (χ3v) is 5.42. The number of aliphatic imine (C=N–C) groups is 1. The second kappa shape index (κ2) is 7.75. The molecule has 7 nitrogen and oxygen atoms in total. The minimum atomic E-state index is -0.665. The van der Waals surface area contributed by atoms with Crippen LogP contribution >= 0.6 is 11.6 Å². The molecule has 29 heavy (non-hydrogen) atoms. The highest BCUT2D eigenvalue weighted by atomic mass is 35.5. The van der Waals surface area contributed by atoms with Crippen LogP contribution in [0.1, 0.15) is 18.4 Å². The van der Waals surface area contributed by atoms with Crippen molar-refractivity contribution in [1.82, 2.24) is 10.2 Å². The van der Waals surface area contributed by atoms with Gasteiger partial charge in [0.2, 0.25) is 0 Å². The molecule has 4 rings (SSSR count). The molecule has 2 heterocycles. The lowest BCUT2D eigenvalue weighted by molar-refractivity contribution is -0.115. The van der Waals surface area contributed by atoms with E-state index < -0.39 is 5.66 Å². The van der Waals surface area contributed by atoms with Crippen molar-refractivity contribution in [2.75, 3.05) is 25.5 Å². The molecule has 1 spiro atoms. The largest absolute Gasteiger partial charge is 0.497 e. The number of methoxy groups -OCH3 is 1. The molecular weight excluding hydrogens is 392 g/mol. The van der Waals surface area contributed by atoms with E-state index in [1.54, 1.807) is 36.3 Å². The number of ether oxygens (including phenoxy) is 1. The number of nitrogens with zero attached hydrogens (tertiary/aromatic N) is 2. The number of hydrogen-bond acceptors (Lipinski definition) is 4. The summed E-state index contributed by atoms with van der Waals surface area (Å²) in [4.78, 5) is 31.5. The number of benzene rings is 2. The van der Waals surface area contributed by atoms with E-state index in [-0.39, 0.29) is 11.9 Å². The number of carbonyl (C=O) groups is 2. The molecule has 8 heteroatoms. The minimum Gasteiger partial charge on any atom is -0.497 e. The Morgan fingerprint density at radius 3 is 2.69 bits per heavy atom. The van der Waals surface area contributed by atoms with Gasteiger partial charge in [-0.3, -0.25) is 9.79 Å². The van der Waals surface area contributed by atoms with Crippen LogP contribution in [0.5, 0.6) is 5.75 Å². The fraction of sp³-hybridized carbons (Fsp3) is 0.286. The highest BCUT2D eigenvalue weighted by Crippen LogP contribution is 2.29. The van der Waals surface area contributed by atoms with Crippen molar-refractivity contribution in [3.05, 3.63) is 59.1 Å². The Kier molecular flexibility index (Phi) is 5.15. The fourth-order valence-corrected chi connectivity index (χ4v) is 3.80. The van der Waals surface area contributed by atoms with Crippen LogP contribution in [0, 0.1) is 0 Å². The number of rotatable bonds is 3. The summed E-state index contributed by atoms with van der Waals surface area (Å²) < 4.78 is 5.18. The second-order valence-electron chi connectivity index (χ2n) is 7.11. The van der Waals surface area contributed by atoms with Gasteiger partial charge in [-0.25, -0.2) is 4.79 Å². The Balaban J connectivity index is 1.42. The lowest BCUT2D eigenvalue weighted by Crippen LogP contribution is -2.53. The molecule has 150 valence electrons. The molecule has 2 aliphatic rings. The molecule has 0 aliphatic carbocycles. The van der Waals surface area contributed by atoms with Crippen LogP contribution in [0.4, 0.5) is 10.5 Å². The summed E-state index contributed by atoms with van der Waals surface area (Å²) >= 11 is 6.04. The van der Waals surface area contributed by atoms with Gasteiger partial charge in [0.25, 0.3) is 5.91 Å². The number of piperidine rings is 1. The van der Waals surface area contributed by atoms with Gasteiger partial charge in [0, 0.05) is 48.3 Å². The number of anilines is 1. The van der Waals surface area contributed by atoms with Crippen LogP contribution in [0.25, 0.3) is 0 Å². The summed E-state index contributed by atoms with van der Waals surface area (Å²) in [7, 11) is 1.58. The molecule has 0 radical (unpaired) electrons. The Labute approximate surface area is 173 Å². The quantitative estimate of drug-likeness (QED) is 0.811. The van der Waals surface area contributed by atoms with Crippen molar-refractivity contribution >= 4 is 34.9 Å². The second-order valence-corrected chi connectivity index (χ2v) is 7.54. The van der Waals surface area contributed by atoms with Gasteiger partial charge in [-0.2, -0.15) is 0 Å². The van der Waals surface area contributed by atoms with Crippen molar-refractivity contribution in [2.24, 2.45) is 4.99 Å². The summed E-state index contributed by atoms with van der Waals surface area (Å²) in [6, 6.07) is 14.1. The third kappa shape index (κ3) is 4.05. The van der Waals surface area contributed by atoms with Gasteiger partial charge in [-0.15, -0.1) is 0 Å². The summed E-state index contributed by atoms with van der Waals surface area (Å²) in [5.41, 5.74) is 1.10. The molecule has 0 aromatic heterocycles. The van der Waals surface area contributed by atoms with E-state index in [0.717, 1.165) is 0 Å². The first kappa shape index (κ1) is 19.3. The zero-order chi connectivity index (χ0) is 20.4. The predicted octanol–water partition coefficient (Wildman–Crippen LogP) is 3.29. The molecule has 0 atom stereocenters. The van der Waals surface area contributed by atoms with E-state index >= 15 is 0 Å². The number of urea groups is 1. The first-order valence-electron chi connectivity index (χ1n) is 9.36. The Hall–Kier alpha value is -3.06. The van der Waals surface area contributed by atoms with Gasteiger partial charge in [-0.05, 0) is 24.3 Å². The minimum absolute atomic E-state index is 0.184. The smallest absolute Gasteiger partial charge is 0.321 e. The number of carbonyl (C=O) groups excluding carboxylic acids is 2. The average molecular weight is 413 g/mol. The number of amides is 3. The molecule has 2 aromatic rings. The van der Waals surface area contributed by atoms with Gasteiger partial charge in [-0.1, -0.05) is 29.8 Å². The normalized spacial score (nSPS) is 17.7. The molecular formula is C21H21ClN4O3. The zero-order valence-electron chi connectivity index (χ0n) is 15.9. The van der Waals surface area contributed by atoms with Gasteiger partial charge >= 0.3 is 6.03 Å². The Morgan fingerprint density at radius 2 is 1.97 bits per heavy atom. The standard InChI is InChI=1S/C21H21ClN4O3/c1-29-17-7-3-6-16(13-17)23-20(28)26-10-8-21(9-11-26)24-18(19(27)25-21)14-4-2-5-15(22)12-14/h2-7,12-13H,8-11H2,1H3,(H,23,28)(H,25,27). The highest BCUT2D eigenvalue weighted by Gasteiger charge is 2.42. The average Bonchev–Trinajstić information content (AvgIpc) is 3.04. The van der Waals surface area contributed by atoms with Crippen LogP contribution in [-0.2, 0) is 4.79 Å². The van der Waals surface area contributed by atoms with E-state index in [2.05, 4.69) is 10.6 Å². The van der Waals surface area contributed by atoms with E-state index in [4.69, 9.17) is 21.3 Å². The molecule has 0 bridgehead atoms. The fourth-order valence-electron chi connectivity index (χ4n) is 3.61. The summed E-state index contributed by atoms with van der Waals surface area (Å²) in [6.45, 7) is 0.977. The van der Waals surface area contributed by atoms with Crippen molar-refractivity contribution in [2.45, 2.75) is 18.5 Å². The SMILES string of the molecule is COc1cccc(NC(=O)N2CCC3(CC2)N=C(c2cccc(Cl)c2)C(=O)N3)c1. The topological polar surface area (TPSA) is 83.0 Å². The van der Waals surface area contributed by atoms with Crippen LogP contribution in [-0.4, -0.2) is 48.4 Å². The van der Waals surface area contributed by atoms with Crippen molar-refractivity contribution < 1.29 is 14.3 Å². The van der Waals surface area contributed by atoms with Crippen LogP contribution in [0.2, 0.25) is 5.02 Å². The van der Waals surface area contributed by atoms with Gasteiger partial charge in [0.15, 0.2) is 0 Å². The third-order valence-electron chi connectivity index (χ3n) is 5.18. The summed E-state index contributed by atoms with van der Waals surface area (Å²) in [6.07, 6.45) is 1.10. The molecule has 2 N–H and O–H groups in total. The predicted molar refractivity (Wildman–Crippen MR) is 112 cm³/mol. The first-order valence-corrected chi connectivity index (χ1v) is 9.74. The molecule has 1 saturated heterocycles. The first-order chi connectivity index (χ1) is 14.0. The molecule has 2 aliphatic heterocycles. The van der Waals surface area contributed by atoms with E-state index in [0.29, 0.717) is 53.7 Å². The number of likely N-dealkylation sites (tertiary alicyclic amines) is 1. The maximum absolute atomic E-state index is 12.6. The molecule has 0 unspecified atom stereocenters. The van der Waals surface area contributed by atoms with Crippen LogP contribution in [0.3, 0.4) is 0 Å². The Bertz CT molecular complexity index is 983. The lowest BCUT2D eigenvalue weighted by Gasteiger charge is -2.37. The van der Waals surface area contributed by atoms with E-state index in [9.17, 15) is 9.59 Å². The summed E-state index contributed by atoms with van der Waals surface area (Å²) in [5.74, 6) is 0.471. The summed E-state index contributed by atoms with van der Waals surface area (Å²) in [5, 5.41) is 6.44. The van der Waals surface area contributed by atoms with Gasteiger partial charge in [0.1, 0.15) is 17.1 Å². The maximum atomic E-state index is 12.6. The molecule has 1 fully saturated rings. The van der Waals surface area contributed by atoms with Crippen molar-refractivity contribution in [3.8, 4) is 5.75 Å².